The van der Waals surface area contributed by atoms with Crippen molar-refractivity contribution in [2.45, 2.75) is 6.54 Å². The summed E-state index contributed by atoms with van der Waals surface area (Å²) in [6, 6.07) is 9.35. The Labute approximate surface area is 149 Å². The number of carbonyl (C=O) groups excluding carboxylic acids is 2. The number of hydrogen-bond acceptors (Lipinski definition) is 6. The Bertz CT molecular complexity index is 878. The molecular weight excluding hydrogens is 372 g/mol. The van der Waals surface area contributed by atoms with E-state index in [4.69, 9.17) is 11.6 Å². The Morgan fingerprint density at radius 1 is 1.25 bits per heavy atom. The van der Waals surface area contributed by atoms with Crippen LogP contribution in [0, 0.1) is 10.1 Å². The summed E-state index contributed by atoms with van der Waals surface area (Å²) in [7, 11) is 0. The maximum absolute atomic E-state index is 12.4. The molecule has 0 spiro atoms. The first-order valence-corrected chi connectivity index (χ1v) is 8.69. The van der Waals surface area contributed by atoms with E-state index in [1.165, 1.54) is 29.5 Å². The topological polar surface area (TPSA) is 80.5 Å². The van der Waals surface area contributed by atoms with Crippen molar-refractivity contribution in [1.82, 2.24) is 4.90 Å². The Balaban J connectivity index is 1.81. The highest BCUT2D eigenvalue weighted by atomic mass is 35.5. The van der Waals surface area contributed by atoms with Gasteiger partial charge in [-0.25, -0.2) is 0 Å². The van der Waals surface area contributed by atoms with E-state index in [-0.39, 0.29) is 12.2 Å². The number of amides is 2. The molecule has 3 rings (SSSR count). The third-order valence-corrected chi connectivity index (χ3v) is 5.29. The van der Waals surface area contributed by atoms with E-state index in [9.17, 15) is 19.7 Å². The average molecular weight is 381 g/mol. The molecule has 0 N–H and O–H groups in total. The molecule has 1 aliphatic rings. The molecule has 0 atom stereocenters. The van der Waals surface area contributed by atoms with Crippen molar-refractivity contribution >= 4 is 57.6 Å². The molecule has 2 amide bonds. The molecule has 1 aliphatic heterocycles. The fourth-order valence-corrected chi connectivity index (χ4v) is 4.03. The quantitative estimate of drug-likeness (QED) is 0.441. The molecule has 0 aliphatic carbocycles. The van der Waals surface area contributed by atoms with Crippen molar-refractivity contribution in [1.29, 1.82) is 0 Å². The summed E-state index contributed by atoms with van der Waals surface area (Å²) in [6.07, 6.45) is 1.62. The summed E-state index contributed by atoms with van der Waals surface area (Å²) in [5, 5.41) is 10.4. The second-order valence-corrected chi connectivity index (χ2v) is 7.58. The van der Waals surface area contributed by atoms with Crippen LogP contribution in [0.4, 0.5) is 10.5 Å². The van der Waals surface area contributed by atoms with Crippen LogP contribution in [-0.2, 0) is 11.3 Å². The van der Waals surface area contributed by atoms with Gasteiger partial charge in [0, 0.05) is 17.0 Å². The van der Waals surface area contributed by atoms with Crippen LogP contribution >= 0.6 is 34.7 Å². The Kier molecular flexibility index (Phi) is 4.70. The fourth-order valence-electron chi connectivity index (χ4n) is 2.12. The number of hydrogen-bond donors (Lipinski definition) is 0. The van der Waals surface area contributed by atoms with E-state index >= 15 is 0 Å². The first-order chi connectivity index (χ1) is 11.4. The number of halogens is 1. The average Bonchev–Trinajstić information content (AvgIpc) is 3.06. The van der Waals surface area contributed by atoms with Crippen molar-refractivity contribution in [3.05, 3.63) is 66.2 Å². The summed E-state index contributed by atoms with van der Waals surface area (Å²) in [6.45, 7) is -0.00508. The number of carbonyl (C=O) groups is 2. The van der Waals surface area contributed by atoms with Crippen LogP contribution in [0.5, 0.6) is 0 Å². The largest absolute Gasteiger partial charge is 0.293 e. The molecule has 2 aromatic rings. The third kappa shape index (κ3) is 3.50. The molecule has 6 nitrogen and oxygen atoms in total. The second kappa shape index (κ2) is 6.76. The monoisotopic (exact) mass is 380 g/mol. The molecule has 24 heavy (non-hydrogen) atoms. The molecule has 0 saturated carbocycles. The normalized spacial score (nSPS) is 16.2. The van der Waals surface area contributed by atoms with Gasteiger partial charge in [-0.3, -0.25) is 24.6 Å². The summed E-state index contributed by atoms with van der Waals surface area (Å²) in [5.41, 5.74) is 0.440. The zero-order chi connectivity index (χ0) is 17.3. The number of non-ortho nitro benzene ring substituents is 1. The second-order valence-electron chi connectivity index (χ2n) is 4.84. The number of nitro benzene ring substituents is 1. The Morgan fingerprint density at radius 2 is 2.04 bits per heavy atom. The van der Waals surface area contributed by atoms with Crippen LogP contribution in [0.25, 0.3) is 6.08 Å². The van der Waals surface area contributed by atoms with Crippen molar-refractivity contribution in [2.75, 3.05) is 0 Å². The standard InChI is InChI=1S/C15H9ClN2O4S2/c16-13-5-4-11(23-13)7-12-14(19)17(15(20)24-12)8-9-2-1-3-10(6-9)18(21)22/h1-7H,8H2/b12-7+. The van der Waals surface area contributed by atoms with Gasteiger partial charge in [0.05, 0.1) is 20.7 Å². The number of nitrogens with zero attached hydrogens (tertiary/aromatic N) is 2. The minimum absolute atomic E-state index is 0.00508. The summed E-state index contributed by atoms with van der Waals surface area (Å²) >= 11 is 8.00. The number of rotatable bonds is 4. The van der Waals surface area contributed by atoms with Crippen molar-refractivity contribution in [2.24, 2.45) is 0 Å². The first kappa shape index (κ1) is 16.7. The van der Waals surface area contributed by atoms with Gasteiger partial charge in [0.2, 0.25) is 0 Å². The predicted octanol–water partition coefficient (Wildman–Crippen LogP) is 4.55. The van der Waals surface area contributed by atoms with E-state index < -0.39 is 16.1 Å². The zero-order valence-electron chi connectivity index (χ0n) is 12.0. The molecule has 122 valence electrons. The minimum Gasteiger partial charge on any atom is -0.268 e. The number of nitro groups is 1. The van der Waals surface area contributed by atoms with E-state index in [0.717, 1.165) is 21.5 Å². The Hall–Kier alpha value is -2.16. The van der Waals surface area contributed by atoms with Crippen molar-refractivity contribution < 1.29 is 14.5 Å². The molecule has 9 heteroatoms. The number of benzene rings is 1. The maximum atomic E-state index is 12.4. The lowest BCUT2D eigenvalue weighted by molar-refractivity contribution is -0.384. The highest BCUT2D eigenvalue weighted by Gasteiger charge is 2.35. The minimum atomic E-state index is -0.516. The molecule has 1 saturated heterocycles. The van der Waals surface area contributed by atoms with Gasteiger partial charge in [-0.1, -0.05) is 23.7 Å². The highest BCUT2D eigenvalue weighted by molar-refractivity contribution is 8.18. The van der Waals surface area contributed by atoms with Gasteiger partial charge in [-0.2, -0.15) is 0 Å². The molecule has 1 fully saturated rings. The number of thioether (sulfide) groups is 1. The van der Waals surface area contributed by atoms with Gasteiger partial charge in [0.15, 0.2) is 0 Å². The number of imide groups is 1. The molecule has 0 unspecified atom stereocenters. The smallest absolute Gasteiger partial charge is 0.268 e. The molecule has 2 heterocycles. The Morgan fingerprint density at radius 3 is 2.71 bits per heavy atom. The van der Waals surface area contributed by atoms with Crippen LogP contribution in [-0.4, -0.2) is 21.0 Å². The van der Waals surface area contributed by atoms with Gasteiger partial charge < -0.3 is 0 Å². The summed E-state index contributed by atoms with van der Waals surface area (Å²) in [4.78, 5) is 36.9. The van der Waals surface area contributed by atoms with Crippen LogP contribution in [0.15, 0.2) is 41.3 Å². The van der Waals surface area contributed by atoms with Gasteiger partial charge in [0.1, 0.15) is 0 Å². The molecule has 1 aromatic carbocycles. The van der Waals surface area contributed by atoms with E-state index in [0.29, 0.717) is 14.8 Å². The van der Waals surface area contributed by atoms with Crippen LogP contribution in [0.2, 0.25) is 4.34 Å². The lowest BCUT2D eigenvalue weighted by atomic mass is 10.2. The molecule has 0 bridgehead atoms. The van der Waals surface area contributed by atoms with E-state index in [1.54, 1.807) is 24.3 Å². The molecule has 1 aromatic heterocycles. The maximum Gasteiger partial charge on any atom is 0.293 e. The van der Waals surface area contributed by atoms with Gasteiger partial charge in [-0.05, 0) is 35.5 Å². The highest BCUT2D eigenvalue weighted by Crippen LogP contribution is 2.35. The van der Waals surface area contributed by atoms with Gasteiger partial charge in [-0.15, -0.1) is 11.3 Å². The third-order valence-electron chi connectivity index (χ3n) is 3.20. The van der Waals surface area contributed by atoms with Crippen molar-refractivity contribution in [3.8, 4) is 0 Å². The fraction of sp³-hybridized carbons (Fsp3) is 0.0667. The lowest BCUT2D eigenvalue weighted by Gasteiger charge is -2.12. The zero-order valence-corrected chi connectivity index (χ0v) is 14.4. The predicted molar refractivity (Wildman–Crippen MR) is 93.9 cm³/mol. The van der Waals surface area contributed by atoms with Crippen LogP contribution in [0.3, 0.4) is 0 Å². The van der Waals surface area contributed by atoms with E-state index in [2.05, 4.69) is 0 Å². The molecule has 0 radical (unpaired) electrons. The van der Waals surface area contributed by atoms with Crippen LogP contribution < -0.4 is 0 Å². The van der Waals surface area contributed by atoms with E-state index in [1.807, 2.05) is 0 Å². The van der Waals surface area contributed by atoms with Crippen LogP contribution in [0.1, 0.15) is 10.4 Å². The van der Waals surface area contributed by atoms with Gasteiger partial charge in [0.25, 0.3) is 16.8 Å². The molecular formula is C15H9ClN2O4S2. The SMILES string of the molecule is O=C1S/C(=C/c2ccc(Cl)s2)C(=O)N1Cc1cccc([N+](=O)[O-])c1. The number of thiophene rings is 1. The first-order valence-electron chi connectivity index (χ1n) is 6.68. The lowest BCUT2D eigenvalue weighted by Crippen LogP contribution is -2.27. The van der Waals surface area contributed by atoms with Crippen molar-refractivity contribution in [3.63, 3.8) is 0 Å². The van der Waals surface area contributed by atoms with Gasteiger partial charge >= 0.3 is 0 Å². The summed E-state index contributed by atoms with van der Waals surface area (Å²) < 4.78 is 0.595. The summed E-state index contributed by atoms with van der Waals surface area (Å²) in [5.74, 6) is -0.416.